The second-order valence-corrected chi connectivity index (χ2v) is 11.2. The van der Waals surface area contributed by atoms with E-state index >= 15 is 0 Å². The first-order valence-electron chi connectivity index (χ1n) is 13.2. The predicted octanol–water partition coefficient (Wildman–Crippen LogP) is 2.00. The van der Waals surface area contributed by atoms with Gasteiger partial charge in [-0.05, 0) is 60.3 Å². The molecular weight excluding hydrogens is 450 g/mol. The molecule has 1 saturated carbocycles. The number of carbonyl (C=O) groups is 2. The van der Waals surface area contributed by atoms with E-state index in [1.165, 1.54) is 22.3 Å². The van der Waals surface area contributed by atoms with Crippen LogP contribution in [0.1, 0.15) is 47.6 Å². The molecule has 0 radical (unpaired) electrons. The van der Waals surface area contributed by atoms with Crippen LogP contribution in [0.15, 0.2) is 48.5 Å². The molecule has 6 atom stereocenters. The molecule has 2 N–H and O–H groups in total. The summed E-state index contributed by atoms with van der Waals surface area (Å²) in [5, 5.41) is 9.48. The molecule has 184 valence electrons. The van der Waals surface area contributed by atoms with E-state index in [1.807, 2.05) is 0 Å². The van der Waals surface area contributed by atoms with Crippen LogP contribution in [0, 0.1) is 17.2 Å². The number of aryl methyl sites for hydroxylation is 2. The molecule has 7 rings (SSSR count). The zero-order valence-corrected chi connectivity index (χ0v) is 20.3. The van der Waals surface area contributed by atoms with Crippen LogP contribution in [-0.2, 0) is 22.4 Å². The summed E-state index contributed by atoms with van der Waals surface area (Å²) in [5.41, 5.74) is 11.5. The highest BCUT2D eigenvalue weighted by molar-refractivity contribution is 5.87. The van der Waals surface area contributed by atoms with Gasteiger partial charge in [-0.2, -0.15) is 5.26 Å². The lowest BCUT2D eigenvalue weighted by Crippen LogP contribution is -2.57. The van der Waals surface area contributed by atoms with Crippen LogP contribution in [0.3, 0.4) is 0 Å². The van der Waals surface area contributed by atoms with Crippen molar-refractivity contribution >= 4 is 11.8 Å². The maximum absolute atomic E-state index is 13.9. The van der Waals surface area contributed by atoms with E-state index < -0.39 is 6.04 Å². The molecule has 7 nitrogen and oxygen atoms in total. The van der Waals surface area contributed by atoms with Gasteiger partial charge in [-0.1, -0.05) is 48.5 Å². The average Bonchev–Trinajstić information content (AvgIpc) is 3.28. The minimum absolute atomic E-state index is 0.0763. The van der Waals surface area contributed by atoms with Crippen molar-refractivity contribution in [1.29, 1.82) is 5.26 Å². The van der Waals surface area contributed by atoms with Gasteiger partial charge in [0.2, 0.25) is 11.8 Å². The molecule has 2 aliphatic carbocycles. The minimum atomic E-state index is -0.708. The second-order valence-electron chi connectivity index (χ2n) is 11.2. The fourth-order valence-corrected chi connectivity index (χ4v) is 7.43. The molecule has 0 spiro atoms. The monoisotopic (exact) mass is 481 g/mol. The number of nitrogens with two attached hydrogens (primary N) is 1. The van der Waals surface area contributed by atoms with Crippen molar-refractivity contribution in [2.75, 3.05) is 13.1 Å². The Kier molecular flexibility index (Phi) is 4.99. The molecule has 3 heterocycles. The molecule has 2 aromatic rings. The molecule has 36 heavy (non-hydrogen) atoms. The van der Waals surface area contributed by atoms with E-state index in [0.29, 0.717) is 12.5 Å². The highest BCUT2D eigenvalue weighted by Crippen LogP contribution is 2.48. The van der Waals surface area contributed by atoms with Crippen molar-refractivity contribution in [3.05, 3.63) is 70.8 Å². The number of hydrogen-bond donors (Lipinski definition) is 1. The summed E-state index contributed by atoms with van der Waals surface area (Å²) in [6.07, 6.45) is 4.49. The fourth-order valence-electron chi connectivity index (χ4n) is 7.43. The molecular formula is C29H31N5O2. The number of amides is 2. The summed E-state index contributed by atoms with van der Waals surface area (Å²) in [5.74, 6) is 0.472. The lowest BCUT2D eigenvalue weighted by molar-refractivity contribution is -0.140. The van der Waals surface area contributed by atoms with Gasteiger partial charge in [0.15, 0.2) is 0 Å². The first kappa shape index (κ1) is 22.0. The number of piperazine rings is 1. The number of nitrogens with zero attached hydrogens (tertiary/aromatic N) is 4. The van der Waals surface area contributed by atoms with E-state index in [0.717, 1.165) is 38.6 Å². The largest absolute Gasteiger partial charge is 0.326 e. The van der Waals surface area contributed by atoms with Gasteiger partial charge in [0.25, 0.3) is 0 Å². The maximum Gasteiger partial charge on any atom is 0.242 e. The van der Waals surface area contributed by atoms with E-state index in [-0.39, 0.29) is 42.0 Å². The van der Waals surface area contributed by atoms with Crippen LogP contribution in [0.4, 0.5) is 0 Å². The Morgan fingerprint density at radius 3 is 2.33 bits per heavy atom. The van der Waals surface area contributed by atoms with Gasteiger partial charge < -0.3 is 15.5 Å². The number of hydrogen-bond acceptors (Lipinski definition) is 5. The highest BCUT2D eigenvalue weighted by Gasteiger charge is 2.56. The number of nitriles is 1. The third kappa shape index (κ3) is 3.24. The quantitative estimate of drug-likeness (QED) is 0.721. The van der Waals surface area contributed by atoms with Crippen molar-refractivity contribution < 1.29 is 9.59 Å². The van der Waals surface area contributed by atoms with Crippen molar-refractivity contribution in [3.63, 3.8) is 0 Å². The summed E-state index contributed by atoms with van der Waals surface area (Å²) in [7, 11) is 0. The molecule has 2 aromatic carbocycles. The first-order valence-corrected chi connectivity index (χ1v) is 13.2. The Hall–Kier alpha value is -3.21. The Morgan fingerprint density at radius 1 is 1.03 bits per heavy atom. The third-order valence-corrected chi connectivity index (χ3v) is 9.21. The molecule has 1 unspecified atom stereocenters. The molecule has 2 amide bonds. The van der Waals surface area contributed by atoms with Crippen LogP contribution >= 0.6 is 0 Å². The van der Waals surface area contributed by atoms with Crippen molar-refractivity contribution in [3.8, 4) is 6.07 Å². The van der Waals surface area contributed by atoms with Gasteiger partial charge in [-0.25, -0.2) is 0 Å². The fraction of sp³-hybridized carbons (Fsp3) is 0.483. The van der Waals surface area contributed by atoms with E-state index in [1.54, 1.807) is 4.90 Å². The molecule has 3 aliphatic heterocycles. The van der Waals surface area contributed by atoms with Crippen LogP contribution in [0.2, 0.25) is 0 Å². The molecule has 0 aromatic heterocycles. The number of piperidine rings is 1. The van der Waals surface area contributed by atoms with E-state index in [9.17, 15) is 14.9 Å². The van der Waals surface area contributed by atoms with Crippen LogP contribution in [-0.4, -0.2) is 69.8 Å². The number of likely N-dealkylation sites (tertiary alicyclic amines) is 3. The Bertz CT molecular complexity index is 1240. The number of rotatable bonds is 4. The van der Waals surface area contributed by atoms with E-state index in [4.69, 9.17) is 5.73 Å². The standard InChI is InChI=1S/C29H31N5O2/c30-14-20-11-19-12-25(19)33(20)28(35)24(31)16-32-15-21-13-26(32)29(36)34(21)27-22-7-3-1-5-17(22)9-10-18-6-2-4-8-23(18)27/h1-8,19-21,24-27H,9-13,15-16,31H2/t19-,20+,21?,24+,25+,26-/m1/s1. The summed E-state index contributed by atoms with van der Waals surface area (Å²) in [4.78, 5) is 33.0. The van der Waals surface area contributed by atoms with Gasteiger partial charge in [-0.3, -0.25) is 14.5 Å². The van der Waals surface area contributed by atoms with Crippen LogP contribution in [0.5, 0.6) is 0 Å². The molecule has 7 heteroatoms. The number of benzene rings is 2. The second kappa shape index (κ2) is 8.16. The van der Waals surface area contributed by atoms with Crippen LogP contribution < -0.4 is 5.73 Å². The van der Waals surface area contributed by atoms with Crippen LogP contribution in [0.25, 0.3) is 0 Å². The highest BCUT2D eigenvalue weighted by atomic mass is 16.2. The lowest BCUT2D eigenvalue weighted by Gasteiger charge is -2.40. The third-order valence-electron chi connectivity index (χ3n) is 9.21. The smallest absolute Gasteiger partial charge is 0.242 e. The van der Waals surface area contributed by atoms with Gasteiger partial charge >= 0.3 is 0 Å². The summed E-state index contributed by atoms with van der Waals surface area (Å²) in [6.45, 7) is 1.09. The molecule has 5 aliphatic rings. The molecule has 2 bridgehead atoms. The lowest BCUT2D eigenvalue weighted by atomic mass is 9.92. The minimum Gasteiger partial charge on any atom is -0.326 e. The van der Waals surface area contributed by atoms with E-state index in [2.05, 4.69) is 64.4 Å². The zero-order chi connectivity index (χ0) is 24.6. The zero-order valence-electron chi connectivity index (χ0n) is 20.3. The molecule has 4 fully saturated rings. The van der Waals surface area contributed by atoms with Gasteiger partial charge in [-0.15, -0.1) is 0 Å². The van der Waals surface area contributed by atoms with Gasteiger partial charge in [0.05, 0.1) is 24.2 Å². The van der Waals surface area contributed by atoms with Gasteiger partial charge in [0, 0.05) is 25.2 Å². The van der Waals surface area contributed by atoms with Gasteiger partial charge in [0.1, 0.15) is 6.04 Å². The summed E-state index contributed by atoms with van der Waals surface area (Å²) in [6, 6.07) is 18.3. The average molecular weight is 482 g/mol. The number of carbonyl (C=O) groups excluding carboxylic acids is 2. The van der Waals surface area contributed by atoms with Crippen molar-refractivity contribution in [2.45, 2.75) is 68.4 Å². The summed E-state index contributed by atoms with van der Waals surface area (Å²) < 4.78 is 0. The number of fused-ring (bicyclic) bond motifs is 5. The first-order chi connectivity index (χ1) is 17.5. The Labute approximate surface area is 211 Å². The maximum atomic E-state index is 13.9. The topological polar surface area (TPSA) is 93.7 Å². The summed E-state index contributed by atoms with van der Waals surface area (Å²) >= 11 is 0. The Morgan fingerprint density at radius 2 is 1.69 bits per heavy atom. The molecule has 3 saturated heterocycles. The van der Waals surface area contributed by atoms with Crippen molar-refractivity contribution in [1.82, 2.24) is 14.7 Å². The van der Waals surface area contributed by atoms with Crippen molar-refractivity contribution in [2.24, 2.45) is 11.7 Å². The Balaban J connectivity index is 1.13. The predicted molar refractivity (Wildman–Crippen MR) is 133 cm³/mol. The normalized spacial score (nSPS) is 31.4. The SMILES string of the molecule is N#C[C@@H]1C[C@@H]2C[C@@H]2N1C(=O)[C@@H](N)CN1CC2C[C@@H]1C(=O)N2C1c2ccccc2CCc2ccccc21.